The Balaban J connectivity index is 1.25. The maximum absolute atomic E-state index is 13.1. The van der Waals surface area contributed by atoms with Crippen LogP contribution in [-0.2, 0) is 28.2 Å². The quantitative estimate of drug-likeness (QED) is 0.549. The summed E-state index contributed by atoms with van der Waals surface area (Å²) in [7, 11) is 0. The highest BCUT2D eigenvalue weighted by Crippen LogP contribution is 2.51. The largest absolute Gasteiger partial charge is 0.366 e. The van der Waals surface area contributed by atoms with Crippen molar-refractivity contribution in [2.75, 3.05) is 0 Å². The molecule has 3 nitrogen and oxygen atoms in total. The Morgan fingerprint density at radius 2 is 1.75 bits per heavy atom. The summed E-state index contributed by atoms with van der Waals surface area (Å²) in [5, 5.41) is 3.45. The number of rotatable bonds is 5. The first-order valence-corrected chi connectivity index (χ1v) is 13.6. The predicted molar refractivity (Wildman–Crippen MR) is 129 cm³/mol. The Labute approximate surface area is 195 Å². The summed E-state index contributed by atoms with van der Waals surface area (Å²) in [6, 6.07) is 6.91. The van der Waals surface area contributed by atoms with Crippen molar-refractivity contribution in [3.05, 3.63) is 34.9 Å². The summed E-state index contributed by atoms with van der Waals surface area (Å²) in [5.41, 5.74) is 4.45. The van der Waals surface area contributed by atoms with E-state index in [4.69, 9.17) is 4.74 Å². The lowest BCUT2D eigenvalue weighted by atomic mass is 9.69. The Morgan fingerprint density at radius 1 is 1.03 bits per heavy atom. The molecule has 0 radical (unpaired) electrons. The van der Waals surface area contributed by atoms with Crippen molar-refractivity contribution < 1.29 is 9.53 Å². The minimum atomic E-state index is -0.0907. The molecule has 1 unspecified atom stereocenters. The third-order valence-corrected chi connectivity index (χ3v) is 9.52. The molecule has 3 saturated carbocycles. The molecule has 1 atom stereocenters. The van der Waals surface area contributed by atoms with E-state index < -0.39 is 0 Å². The fourth-order valence-electron chi connectivity index (χ4n) is 7.43. The number of nitrogens with one attached hydrogen (secondary N) is 1. The number of carbonyl (C=O) groups excluding carboxylic acids is 1. The topological polar surface area (TPSA) is 38.3 Å². The van der Waals surface area contributed by atoms with Gasteiger partial charge in [0.25, 0.3) is 0 Å². The molecule has 5 rings (SSSR count). The van der Waals surface area contributed by atoms with Crippen molar-refractivity contribution in [3.8, 4) is 0 Å². The van der Waals surface area contributed by atoms with E-state index in [-0.39, 0.29) is 23.0 Å². The van der Waals surface area contributed by atoms with Crippen LogP contribution in [0.1, 0.15) is 114 Å². The number of hydrogen-bond acceptors (Lipinski definition) is 2. The number of benzene rings is 1. The van der Waals surface area contributed by atoms with Crippen molar-refractivity contribution in [1.29, 1.82) is 0 Å². The van der Waals surface area contributed by atoms with E-state index in [1.54, 1.807) is 5.56 Å². The maximum atomic E-state index is 13.1. The molecule has 1 spiro atoms. The van der Waals surface area contributed by atoms with Crippen LogP contribution in [0.15, 0.2) is 18.2 Å². The fraction of sp³-hybridized carbons (Fsp3) is 0.759. The van der Waals surface area contributed by atoms with Crippen molar-refractivity contribution in [1.82, 2.24) is 5.32 Å². The molecule has 0 bridgehead atoms. The van der Waals surface area contributed by atoms with Gasteiger partial charge in [0.2, 0.25) is 5.91 Å². The number of hydrogen-bond donors (Lipinski definition) is 1. The molecule has 1 amide bonds. The van der Waals surface area contributed by atoms with E-state index in [2.05, 4.69) is 37.4 Å². The molecule has 1 aromatic rings. The first-order chi connectivity index (χ1) is 15.5. The van der Waals surface area contributed by atoms with E-state index >= 15 is 0 Å². The van der Waals surface area contributed by atoms with Crippen LogP contribution in [0.2, 0.25) is 0 Å². The lowest BCUT2D eigenvalue weighted by Crippen LogP contribution is -2.50. The Bertz CT molecular complexity index is 810. The molecule has 1 aliphatic heterocycles. The lowest BCUT2D eigenvalue weighted by Gasteiger charge is -2.41. The summed E-state index contributed by atoms with van der Waals surface area (Å²) in [6.07, 6.45) is 17.2. The zero-order valence-corrected chi connectivity index (χ0v) is 20.4. The van der Waals surface area contributed by atoms with E-state index in [0.717, 1.165) is 51.0 Å². The van der Waals surface area contributed by atoms with Gasteiger partial charge in [-0.1, -0.05) is 70.1 Å². The number of carbonyl (C=O) groups is 1. The Kier molecular flexibility index (Phi) is 6.40. The highest BCUT2D eigenvalue weighted by atomic mass is 16.5. The second-order valence-corrected chi connectivity index (χ2v) is 11.8. The van der Waals surface area contributed by atoms with Crippen LogP contribution in [0.4, 0.5) is 0 Å². The second-order valence-electron chi connectivity index (χ2n) is 11.8. The highest BCUT2D eigenvalue weighted by Gasteiger charge is 2.46. The standard InChI is InChI=1S/C29H43NO2/c1-21(27(31)30-28(2)15-6-3-7-16-28)23-13-17-29(18-14-23)26-24(19-22-9-4-5-10-22)11-8-12-25(26)20-32-29/h8,11-12,21-23H,3-7,9-10,13-20H2,1-2H3,(H,30,31). The molecule has 3 aliphatic carbocycles. The van der Waals surface area contributed by atoms with Gasteiger partial charge >= 0.3 is 0 Å². The van der Waals surface area contributed by atoms with Crippen LogP contribution in [0.5, 0.6) is 0 Å². The summed E-state index contributed by atoms with van der Waals surface area (Å²) in [4.78, 5) is 13.1. The zero-order chi connectivity index (χ0) is 22.2. The third kappa shape index (κ3) is 4.39. The van der Waals surface area contributed by atoms with Crippen molar-refractivity contribution in [2.45, 2.75) is 121 Å². The summed E-state index contributed by atoms with van der Waals surface area (Å²) >= 11 is 0. The summed E-state index contributed by atoms with van der Waals surface area (Å²) in [5.74, 6) is 1.72. The maximum Gasteiger partial charge on any atom is 0.223 e. The molecule has 1 N–H and O–H groups in total. The van der Waals surface area contributed by atoms with Crippen LogP contribution in [0.25, 0.3) is 0 Å². The fourth-order valence-corrected chi connectivity index (χ4v) is 7.43. The van der Waals surface area contributed by atoms with Gasteiger partial charge < -0.3 is 10.1 Å². The Morgan fingerprint density at radius 3 is 2.47 bits per heavy atom. The van der Waals surface area contributed by atoms with Crippen LogP contribution in [0.3, 0.4) is 0 Å². The third-order valence-electron chi connectivity index (χ3n) is 9.52. The van der Waals surface area contributed by atoms with Gasteiger partial charge in [-0.3, -0.25) is 4.79 Å². The van der Waals surface area contributed by atoms with Gasteiger partial charge in [-0.25, -0.2) is 0 Å². The molecule has 4 aliphatic rings. The van der Waals surface area contributed by atoms with Crippen molar-refractivity contribution in [3.63, 3.8) is 0 Å². The van der Waals surface area contributed by atoms with Crippen LogP contribution in [-0.4, -0.2) is 11.4 Å². The molecule has 32 heavy (non-hydrogen) atoms. The van der Waals surface area contributed by atoms with Gasteiger partial charge in [0.05, 0.1) is 12.2 Å². The lowest BCUT2D eigenvalue weighted by molar-refractivity contribution is -0.130. The molecule has 176 valence electrons. The second kappa shape index (κ2) is 9.12. The molecule has 3 fully saturated rings. The molecule has 0 aromatic heterocycles. The molecular weight excluding hydrogens is 394 g/mol. The number of amides is 1. The first kappa shape index (κ1) is 22.4. The minimum absolute atomic E-state index is 0.0160. The van der Waals surface area contributed by atoms with Crippen LogP contribution in [0, 0.1) is 17.8 Å². The van der Waals surface area contributed by atoms with Crippen molar-refractivity contribution >= 4 is 5.91 Å². The molecule has 3 heteroatoms. The van der Waals surface area contributed by atoms with Gasteiger partial charge in [-0.2, -0.15) is 0 Å². The SMILES string of the molecule is CC(C(=O)NC1(C)CCCCC1)C1CCC2(CC1)OCc1cccc(CC3CCCC3)c12. The van der Waals surface area contributed by atoms with Gasteiger partial charge in [-0.15, -0.1) is 0 Å². The average Bonchev–Trinajstić information content (AvgIpc) is 3.43. The first-order valence-electron chi connectivity index (χ1n) is 13.6. The van der Waals surface area contributed by atoms with Crippen LogP contribution < -0.4 is 5.32 Å². The van der Waals surface area contributed by atoms with E-state index in [1.807, 2.05) is 0 Å². The van der Waals surface area contributed by atoms with Crippen LogP contribution >= 0.6 is 0 Å². The van der Waals surface area contributed by atoms with Gasteiger partial charge in [0.1, 0.15) is 0 Å². The molecular formula is C29H43NO2. The van der Waals surface area contributed by atoms with E-state index in [1.165, 1.54) is 62.5 Å². The summed E-state index contributed by atoms with van der Waals surface area (Å²) in [6.45, 7) is 5.19. The van der Waals surface area contributed by atoms with Gasteiger partial charge in [0, 0.05) is 11.5 Å². The van der Waals surface area contributed by atoms with Gasteiger partial charge in [0.15, 0.2) is 0 Å². The molecule has 1 aromatic carbocycles. The monoisotopic (exact) mass is 437 g/mol. The minimum Gasteiger partial charge on any atom is -0.366 e. The smallest absolute Gasteiger partial charge is 0.223 e. The molecule has 0 saturated heterocycles. The highest BCUT2D eigenvalue weighted by molar-refractivity contribution is 5.79. The summed E-state index contributed by atoms with van der Waals surface area (Å²) < 4.78 is 6.58. The van der Waals surface area contributed by atoms with Crippen molar-refractivity contribution in [2.24, 2.45) is 17.8 Å². The zero-order valence-electron chi connectivity index (χ0n) is 20.4. The van der Waals surface area contributed by atoms with E-state index in [9.17, 15) is 4.79 Å². The predicted octanol–water partition coefficient (Wildman–Crippen LogP) is 6.81. The van der Waals surface area contributed by atoms with Gasteiger partial charge in [-0.05, 0) is 80.4 Å². The number of fused-ring (bicyclic) bond motifs is 2. The Hall–Kier alpha value is -1.35. The normalized spacial score (nSPS) is 30.9. The average molecular weight is 438 g/mol. The molecule has 1 heterocycles. The van der Waals surface area contributed by atoms with E-state index in [0.29, 0.717) is 5.92 Å². The number of ether oxygens (including phenoxy) is 1.